The summed E-state index contributed by atoms with van der Waals surface area (Å²) >= 11 is 0. The quantitative estimate of drug-likeness (QED) is 0.272. The first-order valence-corrected chi connectivity index (χ1v) is 9.47. The van der Waals surface area contributed by atoms with Crippen LogP contribution in [0.15, 0.2) is 61.3 Å². The van der Waals surface area contributed by atoms with Gasteiger partial charge in [-0.05, 0) is 51.4 Å². The highest BCUT2D eigenvalue weighted by molar-refractivity contribution is 5.80. The third-order valence-electron chi connectivity index (χ3n) is 4.03. The van der Waals surface area contributed by atoms with Crippen LogP contribution in [-0.2, 0) is 9.59 Å². The molecule has 0 heterocycles. The molecule has 0 aliphatic heterocycles. The zero-order valence-electron chi connectivity index (χ0n) is 16.2. The predicted octanol–water partition coefficient (Wildman–Crippen LogP) is 6.20. The summed E-state index contributed by atoms with van der Waals surface area (Å²) in [7, 11) is 0. The number of carbonyl (C=O) groups excluding carboxylic acids is 1. The van der Waals surface area contributed by atoms with Crippen LogP contribution in [0.2, 0.25) is 0 Å². The summed E-state index contributed by atoms with van der Waals surface area (Å²) in [6.07, 6.45) is 21.7. The minimum absolute atomic E-state index is 0.282. The summed E-state index contributed by atoms with van der Waals surface area (Å²) in [5, 5.41) is 8.19. The Morgan fingerprint density at radius 2 is 1.92 bits per heavy atom. The average molecular weight is 359 g/mol. The molecule has 1 unspecified atom stereocenters. The van der Waals surface area contributed by atoms with Gasteiger partial charge in [0.2, 0.25) is 0 Å². The average Bonchev–Trinajstić information content (AvgIpc) is 3.02. The molecule has 1 saturated carbocycles. The maximum Gasteiger partial charge on any atom is 0.303 e. The van der Waals surface area contributed by atoms with Crippen molar-refractivity contribution in [3.05, 3.63) is 61.3 Å². The van der Waals surface area contributed by atoms with Crippen LogP contribution in [0, 0.1) is 5.92 Å². The Morgan fingerprint density at radius 3 is 2.50 bits per heavy atom. The van der Waals surface area contributed by atoms with Gasteiger partial charge in [0.25, 0.3) is 0 Å². The summed E-state index contributed by atoms with van der Waals surface area (Å²) in [5.74, 6) is 0.216. The van der Waals surface area contributed by atoms with E-state index in [1.54, 1.807) is 6.08 Å². The van der Waals surface area contributed by atoms with Crippen molar-refractivity contribution < 1.29 is 14.7 Å². The summed E-state index contributed by atoms with van der Waals surface area (Å²) in [6, 6.07) is 0. The number of rotatable bonds is 11. The molecule has 1 N–H and O–H groups in total. The molecule has 0 aromatic carbocycles. The molecule has 1 atom stereocenters. The normalized spacial score (nSPS) is 17.0. The fourth-order valence-corrected chi connectivity index (χ4v) is 2.57. The van der Waals surface area contributed by atoms with Crippen LogP contribution in [0.1, 0.15) is 64.7 Å². The minimum Gasteiger partial charge on any atom is -0.481 e. The fourth-order valence-electron chi connectivity index (χ4n) is 2.57. The van der Waals surface area contributed by atoms with E-state index in [9.17, 15) is 9.59 Å². The van der Waals surface area contributed by atoms with Gasteiger partial charge in [0.1, 0.15) is 5.78 Å². The lowest BCUT2D eigenvalue weighted by molar-refractivity contribution is -0.137. The number of hydrogen-bond acceptors (Lipinski definition) is 2. The maximum atomic E-state index is 11.1. The number of carbonyl (C=O) groups is 2. The van der Waals surface area contributed by atoms with Crippen LogP contribution >= 0.6 is 0 Å². The molecular weight excluding hydrogens is 324 g/mol. The second-order valence-corrected chi connectivity index (χ2v) is 6.47. The molecule has 0 aromatic heterocycles. The van der Waals surface area contributed by atoms with Crippen LogP contribution in [-0.4, -0.2) is 16.9 Å². The van der Waals surface area contributed by atoms with Gasteiger partial charge >= 0.3 is 5.97 Å². The lowest BCUT2D eigenvalue weighted by atomic mass is 10.1. The SMILES string of the molecule is C/C=C\CCCC(=O)O.C=C/C=C\C(=C)CCC/C=C/C1CCC(=O)C1. The van der Waals surface area contributed by atoms with Gasteiger partial charge in [0, 0.05) is 19.3 Å². The van der Waals surface area contributed by atoms with Gasteiger partial charge in [-0.15, -0.1) is 0 Å². The largest absolute Gasteiger partial charge is 0.481 e. The number of unbranched alkanes of at least 4 members (excludes halogenated alkanes) is 2. The zero-order chi connectivity index (χ0) is 19.6. The first-order chi connectivity index (χ1) is 12.5. The Morgan fingerprint density at radius 1 is 1.23 bits per heavy atom. The smallest absolute Gasteiger partial charge is 0.303 e. The van der Waals surface area contributed by atoms with Crippen molar-refractivity contribution in [3.8, 4) is 0 Å². The van der Waals surface area contributed by atoms with E-state index in [1.165, 1.54) is 0 Å². The highest BCUT2D eigenvalue weighted by Gasteiger charge is 2.18. The van der Waals surface area contributed by atoms with Gasteiger partial charge in [0.15, 0.2) is 0 Å². The summed E-state index contributed by atoms with van der Waals surface area (Å²) in [6.45, 7) is 9.53. The molecule has 3 nitrogen and oxygen atoms in total. The molecule has 1 rings (SSSR count). The molecule has 1 aliphatic carbocycles. The first-order valence-electron chi connectivity index (χ1n) is 9.47. The topological polar surface area (TPSA) is 54.4 Å². The molecule has 0 bridgehead atoms. The summed E-state index contributed by atoms with van der Waals surface area (Å²) in [4.78, 5) is 21.0. The van der Waals surface area contributed by atoms with Gasteiger partial charge in [-0.25, -0.2) is 0 Å². The van der Waals surface area contributed by atoms with Crippen molar-refractivity contribution in [1.29, 1.82) is 0 Å². The zero-order valence-corrected chi connectivity index (χ0v) is 16.2. The minimum atomic E-state index is -0.709. The van der Waals surface area contributed by atoms with Crippen LogP contribution in [0.4, 0.5) is 0 Å². The molecule has 0 radical (unpaired) electrons. The number of ketones is 1. The second-order valence-electron chi connectivity index (χ2n) is 6.47. The number of Topliss-reactive ketones (excluding diaryl/α,β-unsaturated/α-hetero) is 1. The lowest BCUT2D eigenvalue weighted by Crippen LogP contribution is -1.92. The van der Waals surface area contributed by atoms with E-state index in [0.717, 1.165) is 56.9 Å². The number of allylic oxidation sites excluding steroid dienone is 8. The number of carboxylic acids is 1. The third-order valence-corrected chi connectivity index (χ3v) is 4.03. The van der Waals surface area contributed by atoms with Crippen molar-refractivity contribution in [2.75, 3.05) is 0 Å². The van der Waals surface area contributed by atoms with Gasteiger partial charge in [-0.3, -0.25) is 9.59 Å². The van der Waals surface area contributed by atoms with Crippen molar-refractivity contribution in [3.63, 3.8) is 0 Å². The van der Waals surface area contributed by atoms with Crippen LogP contribution in [0.5, 0.6) is 0 Å². The monoisotopic (exact) mass is 358 g/mol. The highest BCUT2D eigenvalue weighted by atomic mass is 16.4. The van der Waals surface area contributed by atoms with E-state index in [0.29, 0.717) is 11.7 Å². The van der Waals surface area contributed by atoms with Gasteiger partial charge in [0.05, 0.1) is 0 Å². The molecule has 0 aromatic rings. The van der Waals surface area contributed by atoms with Gasteiger partial charge in [-0.2, -0.15) is 0 Å². The van der Waals surface area contributed by atoms with E-state index in [-0.39, 0.29) is 6.42 Å². The Kier molecular flexibility index (Phi) is 15.0. The van der Waals surface area contributed by atoms with Gasteiger partial charge < -0.3 is 5.11 Å². The number of aliphatic carboxylic acids is 1. The molecule has 0 saturated heterocycles. The molecule has 144 valence electrons. The summed E-state index contributed by atoms with van der Waals surface area (Å²) < 4.78 is 0. The van der Waals surface area contributed by atoms with E-state index in [1.807, 2.05) is 31.2 Å². The Bertz CT molecular complexity index is 524. The highest BCUT2D eigenvalue weighted by Crippen LogP contribution is 2.23. The van der Waals surface area contributed by atoms with E-state index < -0.39 is 5.97 Å². The van der Waals surface area contributed by atoms with Crippen LogP contribution < -0.4 is 0 Å². The van der Waals surface area contributed by atoms with Crippen molar-refractivity contribution in [2.24, 2.45) is 5.92 Å². The summed E-state index contributed by atoms with van der Waals surface area (Å²) in [5.41, 5.74) is 1.15. The molecule has 26 heavy (non-hydrogen) atoms. The van der Waals surface area contributed by atoms with Crippen molar-refractivity contribution >= 4 is 11.8 Å². The van der Waals surface area contributed by atoms with Gasteiger partial charge in [-0.1, -0.05) is 61.3 Å². The molecule has 0 amide bonds. The Balaban J connectivity index is 0.000000590. The van der Waals surface area contributed by atoms with Crippen molar-refractivity contribution in [1.82, 2.24) is 0 Å². The Hall–Kier alpha value is -2.16. The number of hydrogen-bond donors (Lipinski definition) is 1. The Labute approximate surface area is 158 Å². The lowest BCUT2D eigenvalue weighted by Gasteiger charge is -2.00. The molecular formula is C23H34O3. The molecule has 1 aliphatic rings. The van der Waals surface area contributed by atoms with Crippen LogP contribution in [0.3, 0.4) is 0 Å². The molecule has 3 heteroatoms. The fraction of sp³-hybridized carbons (Fsp3) is 0.478. The molecule has 0 spiro atoms. The second kappa shape index (κ2) is 16.3. The van der Waals surface area contributed by atoms with Crippen molar-refractivity contribution in [2.45, 2.75) is 64.7 Å². The maximum absolute atomic E-state index is 11.1. The number of carboxylic acid groups (broad SMARTS) is 1. The van der Waals surface area contributed by atoms with Crippen LogP contribution in [0.25, 0.3) is 0 Å². The predicted molar refractivity (Wildman–Crippen MR) is 110 cm³/mol. The van der Waals surface area contributed by atoms with E-state index in [4.69, 9.17) is 5.11 Å². The van der Waals surface area contributed by atoms with E-state index >= 15 is 0 Å². The third kappa shape index (κ3) is 15.4. The first kappa shape index (κ1) is 23.8. The standard InChI is InChI=1S/C16H22O.C7H12O2/c1-3-4-8-14(2)9-6-5-7-10-15-11-12-16(17)13-15;1-2-3-4-5-6-7(8)9/h3-4,7-8,10,15H,1-2,5-6,9,11-13H2;2-3H,4-6H2,1H3,(H,8,9)/b8-4-,10-7+;3-2-. The van der Waals surface area contributed by atoms with E-state index in [2.05, 4.69) is 25.3 Å². The molecule has 1 fully saturated rings.